The molecule has 96 valence electrons. The Hall–Kier alpha value is -2.06. The van der Waals surface area contributed by atoms with Crippen molar-refractivity contribution in [2.45, 2.75) is 6.42 Å². The van der Waals surface area contributed by atoms with E-state index in [4.69, 9.17) is 10.00 Å². The number of nitriles is 1. The lowest BCUT2D eigenvalue weighted by atomic mass is 10.2. The number of hydrogen-bond donors (Lipinski definition) is 1. The van der Waals surface area contributed by atoms with Crippen molar-refractivity contribution in [3.8, 4) is 11.8 Å². The van der Waals surface area contributed by atoms with Crippen LogP contribution in [0, 0.1) is 11.3 Å². The van der Waals surface area contributed by atoms with Crippen LogP contribution in [-0.2, 0) is 4.74 Å². The van der Waals surface area contributed by atoms with E-state index >= 15 is 0 Å². The third kappa shape index (κ3) is 4.07. The highest BCUT2D eigenvalue weighted by atomic mass is 16.5. The third-order valence-corrected chi connectivity index (χ3v) is 2.44. The largest absolute Gasteiger partial charge is 0.508 e. The van der Waals surface area contributed by atoms with Crippen molar-refractivity contribution >= 4 is 5.91 Å². The highest BCUT2D eigenvalue weighted by Crippen LogP contribution is 2.13. The fourth-order valence-electron chi connectivity index (χ4n) is 1.52. The summed E-state index contributed by atoms with van der Waals surface area (Å²) in [6.07, 6.45) is 0.272. The van der Waals surface area contributed by atoms with Crippen LogP contribution in [0.3, 0.4) is 0 Å². The molecule has 0 bridgehead atoms. The number of phenolic OH excluding ortho intramolecular Hbond substituents is 1. The number of benzene rings is 1. The second kappa shape index (κ2) is 7.30. The van der Waals surface area contributed by atoms with Gasteiger partial charge in [0.2, 0.25) is 0 Å². The Balaban J connectivity index is 2.77. The van der Waals surface area contributed by atoms with E-state index in [9.17, 15) is 9.90 Å². The summed E-state index contributed by atoms with van der Waals surface area (Å²) in [6, 6.07) is 8.17. The number of rotatable bonds is 6. The van der Waals surface area contributed by atoms with Crippen LogP contribution in [0.15, 0.2) is 24.3 Å². The number of carbonyl (C=O) groups excluding carboxylic acids is 1. The van der Waals surface area contributed by atoms with Gasteiger partial charge in [-0.15, -0.1) is 0 Å². The Morgan fingerprint density at radius 3 is 2.89 bits per heavy atom. The quantitative estimate of drug-likeness (QED) is 0.825. The Morgan fingerprint density at radius 2 is 2.28 bits per heavy atom. The van der Waals surface area contributed by atoms with Crippen molar-refractivity contribution in [1.82, 2.24) is 4.90 Å². The predicted octanol–water partition coefficient (Wildman–Crippen LogP) is 1.39. The molecule has 0 radical (unpaired) electrons. The van der Waals surface area contributed by atoms with Crippen LogP contribution in [0.5, 0.6) is 5.75 Å². The van der Waals surface area contributed by atoms with Gasteiger partial charge in [-0.2, -0.15) is 5.26 Å². The molecule has 1 N–H and O–H groups in total. The zero-order valence-electron chi connectivity index (χ0n) is 10.3. The number of nitrogens with zero attached hydrogens (tertiary/aromatic N) is 2. The number of phenols is 1. The van der Waals surface area contributed by atoms with E-state index < -0.39 is 0 Å². The zero-order chi connectivity index (χ0) is 13.4. The molecule has 5 nitrogen and oxygen atoms in total. The fourth-order valence-corrected chi connectivity index (χ4v) is 1.52. The predicted molar refractivity (Wildman–Crippen MR) is 66.1 cm³/mol. The molecule has 1 rings (SSSR count). The van der Waals surface area contributed by atoms with Crippen molar-refractivity contribution in [2.24, 2.45) is 0 Å². The molecule has 0 heterocycles. The van der Waals surface area contributed by atoms with Gasteiger partial charge in [0.1, 0.15) is 5.75 Å². The van der Waals surface area contributed by atoms with Crippen molar-refractivity contribution in [3.05, 3.63) is 29.8 Å². The van der Waals surface area contributed by atoms with Crippen molar-refractivity contribution in [1.29, 1.82) is 5.26 Å². The first-order valence-corrected chi connectivity index (χ1v) is 5.63. The summed E-state index contributed by atoms with van der Waals surface area (Å²) in [4.78, 5) is 13.7. The van der Waals surface area contributed by atoms with Crippen LogP contribution in [0.25, 0.3) is 0 Å². The Morgan fingerprint density at radius 1 is 1.50 bits per heavy atom. The van der Waals surface area contributed by atoms with Gasteiger partial charge in [-0.1, -0.05) is 6.07 Å². The lowest BCUT2D eigenvalue weighted by Gasteiger charge is -2.21. The second-order valence-electron chi connectivity index (χ2n) is 3.74. The highest BCUT2D eigenvalue weighted by molar-refractivity contribution is 5.94. The molecule has 0 atom stereocenters. The van der Waals surface area contributed by atoms with Crippen LogP contribution in [0.4, 0.5) is 0 Å². The molecular formula is C13H16N2O3. The number of carbonyl (C=O) groups is 1. The molecule has 0 aliphatic heterocycles. The van der Waals surface area contributed by atoms with Gasteiger partial charge in [0.25, 0.3) is 5.91 Å². The maximum atomic E-state index is 12.2. The highest BCUT2D eigenvalue weighted by Gasteiger charge is 2.15. The van der Waals surface area contributed by atoms with E-state index in [0.717, 1.165) is 0 Å². The first-order chi connectivity index (χ1) is 8.69. The van der Waals surface area contributed by atoms with Gasteiger partial charge in [-0.25, -0.2) is 0 Å². The summed E-state index contributed by atoms with van der Waals surface area (Å²) < 4.78 is 4.94. The first kappa shape index (κ1) is 14.0. The van der Waals surface area contributed by atoms with Gasteiger partial charge >= 0.3 is 0 Å². The Labute approximate surface area is 106 Å². The number of amides is 1. The molecule has 0 aromatic heterocycles. The molecule has 5 heteroatoms. The van der Waals surface area contributed by atoms with E-state index in [1.807, 2.05) is 6.07 Å². The minimum absolute atomic E-state index is 0.0489. The molecule has 1 amide bonds. The number of methoxy groups -OCH3 is 1. The van der Waals surface area contributed by atoms with Crippen LogP contribution < -0.4 is 0 Å². The molecule has 0 unspecified atom stereocenters. The van der Waals surface area contributed by atoms with Crippen LogP contribution >= 0.6 is 0 Å². The van der Waals surface area contributed by atoms with E-state index in [1.165, 1.54) is 12.1 Å². The minimum atomic E-state index is -0.210. The van der Waals surface area contributed by atoms with Gasteiger partial charge in [-0.3, -0.25) is 4.79 Å². The average Bonchev–Trinajstić information content (AvgIpc) is 2.38. The second-order valence-corrected chi connectivity index (χ2v) is 3.74. The van der Waals surface area contributed by atoms with Crippen LogP contribution in [0.2, 0.25) is 0 Å². The number of aromatic hydroxyl groups is 1. The summed E-state index contributed by atoms with van der Waals surface area (Å²) in [5, 5.41) is 17.9. The Kier molecular flexibility index (Phi) is 5.68. The summed E-state index contributed by atoms with van der Waals surface area (Å²) >= 11 is 0. The Bertz CT molecular complexity index is 440. The van der Waals surface area contributed by atoms with E-state index in [-0.39, 0.29) is 18.1 Å². The smallest absolute Gasteiger partial charge is 0.254 e. The summed E-state index contributed by atoms with van der Waals surface area (Å²) in [5.74, 6) is -0.161. The summed E-state index contributed by atoms with van der Waals surface area (Å²) in [7, 11) is 1.56. The average molecular weight is 248 g/mol. The number of hydrogen-bond acceptors (Lipinski definition) is 4. The van der Waals surface area contributed by atoms with Gasteiger partial charge in [0.15, 0.2) is 0 Å². The van der Waals surface area contributed by atoms with Crippen molar-refractivity contribution in [3.63, 3.8) is 0 Å². The minimum Gasteiger partial charge on any atom is -0.508 e. The summed E-state index contributed by atoms with van der Waals surface area (Å²) in [5.41, 5.74) is 0.407. The molecule has 1 aromatic rings. The maximum absolute atomic E-state index is 12.2. The molecule has 0 spiro atoms. The molecule has 1 aromatic carbocycles. The van der Waals surface area contributed by atoms with Crippen LogP contribution in [0.1, 0.15) is 16.8 Å². The maximum Gasteiger partial charge on any atom is 0.254 e. The molecular weight excluding hydrogens is 232 g/mol. The molecule has 18 heavy (non-hydrogen) atoms. The molecule has 0 aliphatic carbocycles. The standard InChI is InChI=1S/C13H16N2O3/c1-18-9-8-15(7-3-6-14)13(17)11-4-2-5-12(16)10-11/h2,4-5,10,16H,3,7-9H2,1H3. The normalized spacial score (nSPS) is 9.78. The fraction of sp³-hybridized carbons (Fsp3) is 0.385. The van der Waals surface area contributed by atoms with Crippen molar-refractivity contribution < 1.29 is 14.6 Å². The molecule has 0 saturated carbocycles. The molecule has 0 fully saturated rings. The molecule has 0 saturated heterocycles. The lowest BCUT2D eigenvalue weighted by Crippen LogP contribution is -2.34. The summed E-state index contributed by atoms with van der Waals surface area (Å²) in [6.45, 7) is 1.19. The van der Waals surface area contributed by atoms with Crippen LogP contribution in [-0.4, -0.2) is 42.7 Å². The van der Waals surface area contributed by atoms with E-state index in [0.29, 0.717) is 25.3 Å². The van der Waals surface area contributed by atoms with Gasteiger partial charge in [0, 0.05) is 25.8 Å². The monoisotopic (exact) mass is 248 g/mol. The van der Waals surface area contributed by atoms with Crippen molar-refractivity contribution in [2.75, 3.05) is 26.8 Å². The van der Waals surface area contributed by atoms with Gasteiger partial charge in [-0.05, 0) is 18.2 Å². The topological polar surface area (TPSA) is 73.6 Å². The van der Waals surface area contributed by atoms with Gasteiger partial charge < -0.3 is 14.7 Å². The van der Waals surface area contributed by atoms with Gasteiger partial charge in [0.05, 0.1) is 19.1 Å². The lowest BCUT2D eigenvalue weighted by molar-refractivity contribution is 0.0699. The molecule has 0 aliphatic rings. The van der Waals surface area contributed by atoms with E-state index in [2.05, 4.69) is 0 Å². The zero-order valence-corrected chi connectivity index (χ0v) is 10.3. The third-order valence-electron chi connectivity index (χ3n) is 2.44. The first-order valence-electron chi connectivity index (χ1n) is 5.63. The van der Waals surface area contributed by atoms with E-state index in [1.54, 1.807) is 24.1 Å². The number of ether oxygens (including phenoxy) is 1. The SMILES string of the molecule is COCCN(CCC#N)C(=O)c1cccc(O)c1.